The molecule has 3 N–H and O–H groups in total. The van der Waals surface area contributed by atoms with Crippen LogP contribution < -0.4 is 10.1 Å². The van der Waals surface area contributed by atoms with Crippen LogP contribution in [0.2, 0.25) is 0 Å². The molecule has 0 unspecified atom stereocenters. The number of amides is 1. The van der Waals surface area contributed by atoms with Crippen LogP contribution in [0.1, 0.15) is 86.5 Å². The maximum absolute atomic E-state index is 12.8. The van der Waals surface area contributed by atoms with E-state index in [9.17, 15) is 14.4 Å². The van der Waals surface area contributed by atoms with Gasteiger partial charge in [0.2, 0.25) is 0 Å². The topological polar surface area (TPSA) is 126 Å². The molecule has 0 aliphatic carbocycles. The zero-order valence-corrected chi connectivity index (χ0v) is 20.9. The number of ether oxygens (including phenoxy) is 1. The number of benzene rings is 1. The number of aromatic nitrogens is 1. The average Bonchev–Trinajstić information content (AvgIpc) is 2.83. The van der Waals surface area contributed by atoms with E-state index in [0.29, 0.717) is 29.3 Å². The number of rotatable bonds is 17. The lowest BCUT2D eigenvalue weighted by molar-refractivity contribution is -0.137. The van der Waals surface area contributed by atoms with E-state index in [1.807, 2.05) is 0 Å². The molecule has 1 heterocycles. The lowest BCUT2D eigenvalue weighted by Gasteiger charge is -2.11. The first kappa shape index (κ1) is 28.6. The number of unbranched alkanes of at least 4 members (excludes halogenated alkanes) is 7. The van der Waals surface area contributed by atoms with Crippen LogP contribution in [-0.2, 0) is 16.0 Å². The maximum atomic E-state index is 12.8. The number of pyridine rings is 1. The molecular formula is C28H36N2O6. The Kier molecular flexibility index (Phi) is 12.8. The second-order valence-electron chi connectivity index (χ2n) is 8.63. The zero-order chi connectivity index (χ0) is 26.2. The number of hydrogen-bond acceptors (Lipinski definition) is 5. The third-order valence-electron chi connectivity index (χ3n) is 5.48. The van der Waals surface area contributed by atoms with Crippen LogP contribution in [0.25, 0.3) is 6.08 Å². The monoisotopic (exact) mass is 496 g/mol. The molecule has 8 nitrogen and oxygen atoms in total. The molecule has 0 saturated heterocycles. The molecule has 2 rings (SSSR count). The molecule has 0 bridgehead atoms. The predicted octanol–water partition coefficient (Wildman–Crippen LogP) is 5.97. The van der Waals surface area contributed by atoms with Gasteiger partial charge in [0.25, 0.3) is 5.91 Å². The molecule has 0 radical (unpaired) electrons. The minimum Gasteiger partial charge on any atom is -0.491 e. The third kappa shape index (κ3) is 11.2. The van der Waals surface area contributed by atoms with Crippen molar-refractivity contribution in [2.45, 2.75) is 71.1 Å². The summed E-state index contributed by atoms with van der Waals surface area (Å²) in [6, 6.07) is 9.82. The number of anilines is 1. The minimum atomic E-state index is -0.970. The highest BCUT2D eigenvalue weighted by Crippen LogP contribution is 2.21. The lowest BCUT2D eigenvalue weighted by atomic mass is 10.1. The largest absolute Gasteiger partial charge is 0.491 e. The summed E-state index contributed by atoms with van der Waals surface area (Å²) in [6.45, 7) is 2.72. The number of carboxylic acids is 2. The van der Waals surface area contributed by atoms with Crippen LogP contribution >= 0.6 is 0 Å². The van der Waals surface area contributed by atoms with Gasteiger partial charge in [-0.2, -0.15) is 0 Å². The van der Waals surface area contributed by atoms with Gasteiger partial charge in [-0.25, -0.2) is 4.98 Å². The van der Waals surface area contributed by atoms with Gasteiger partial charge in [0.15, 0.2) is 0 Å². The molecular weight excluding hydrogens is 460 g/mol. The molecule has 1 aromatic heterocycles. The summed E-state index contributed by atoms with van der Waals surface area (Å²) in [4.78, 5) is 39.0. The molecule has 0 fully saturated rings. The Morgan fingerprint density at radius 3 is 2.36 bits per heavy atom. The van der Waals surface area contributed by atoms with E-state index in [0.717, 1.165) is 12.8 Å². The standard InChI is InChI=1S/C28H36N2O6/c1-2-3-4-5-6-7-8-9-18-36-25-17-16-24(30-23(25)14-11-15-26(31)32)28(35)29-22-13-10-12-21(19-22)20-27(33)34/h10-14,16-17,19H,2-9,15,18,20H2,1H3,(H,29,35)(H,31,32)(H,33,34)/b14-11+. The fraction of sp³-hybridized carbons (Fsp3) is 0.429. The van der Waals surface area contributed by atoms with Crippen molar-refractivity contribution < 1.29 is 29.3 Å². The highest BCUT2D eigenvalue weighted by molar-refractivity contribution is 6.03. The molecule has 1 amide bonds. The second kappa shape index (κ2) is 16.1. The van der Waals surface area contributed by atoms with E-state index in [1.165, 1.54) is 44.6 Å². The molecule has 0 saturated carbocycles. The number of hydrogen-bond donors (Lipinski definition) is 3. The van der Waals surface area contributed by atoms with E-state index in [2.05, 4.69) is 17.2 Å². The summed E-state index contributed by atoms with van der Waals surface area (Å²) in [5, 5.41) is 20.6. The molecule has 0 atom stereocenters. The van der Waals surface area contributed by atoms with Gasteiger partial charge in [0.05, 0.1) is 19.4 Å². The van der Waals surface area contributed by atoms with Gasteiger partial charge in [-0.3, -0.25) is 14.4 Å². The summed E-state index contributed by atoms with van der Waals surface area (Å²) in [5.41, 5.74) is 1.53. The Morgan fingerprint density at radius 1 is 0.944 bits per heavy atom. The number of nitrogens with zero attached hydrogens (tertiary/aromatic N) is 1. The molecule has 0 spiro atoms. The average molecular weight is 497 g/mol. The Morgan fingerprint density at radius 2 is 1.67 bits per heavy atom. The van der Waals surface area contributed by atoms with Crippen LogP contribution in [0.3, 0.4) is 0 Å². The summed E-state index contributed by atoms with van der Waals surface area (Å²) < 4.78 is 5.90. The summed E-state index contributed by atoms with van der Waals surface area (Å²) in [7, 11) is 0. The molecule has 36 heavy (non-hydrogen) atoms. The molecule has 2 aromatic rings. The minimum absolute atomic E-state index is 0.132. The fourth-order valence-electron chi connectivity index (χ4n) is 3.65. The molecule has 194 valence electrons. The van der Waals surface area contributed by atoms with E-state index in [4.69, 9.17) is 14.9 Å². The number of carbonyl (C=O) groups excluding carboxylic acids is 1. The molecule has 1 aromatic carbocycles. The van der Waals surface area contributed by atoms with Crippen LogP contribution in [-0.4, -0.2) is 39.6 Å². The van der Waals surface area contributed by atoms with Crippen molar-refractivity contribution in [3.63, 3.8) is 0 Å². The zero-order valence-electron chi connectivity index (χ0n) is 20.9. The first-order chi connectivity index (χ1) is 17.4. The number of aliphatic carboxylic acids is 2. The highest BCUT2D eigenvalue weighted by atomic mass is 16.5. The van der Waals surface area contributed by atoms with E-state index < -0.39 is 17.8 Å². The Bertz CT molecular complexity index is 1030. The summed E-state index contributed by atoms with van der Waals surface area (Å²) in [5.74, 6) is -1.91. The molecule has 8 heteroatoms. The fourth-order valence-corrected chi connectivity index (χ4v) is 3.65. The number of nitrogens with one attached hydrogen (secondary N) is 1. The Labute approximate surface area is 212 Å². The lowest BCUT2D eigenvalue weighted by Crippen LogP contribution is -2.15. The number of carbonyl (C=O) groups is 3. The molecule has 0 aliphatic rings. The Balaban J connectivity index is 2.01. The van der Waals surface area contributed by atoms with Crippen molar-refractivity contribution in [2.75, 3.05) is 11.9 Å². The first-order valence-electron chi connectivity index (χ1n) is 12.5. The van der Waals surface area contributed by atoms with Crippen molar-refractivity contribution in [3.05, 3.63) is 59.4 Å². The van der Waals surface area contributed by atoms with Gasteiger partial charge in [-0.1, -0.05) is 70.1 Å². The van der Waals surface area contributed by atoms with Gasteiger partial charge in [-0.15, -0.1) is 0 Å². The maximum Gasteiger partial charge on any atom is 0.307 e. The van der Waals surface area contributed by atoms with Gasteiger partial charge in [0, 0.05) is 5.69 Å². The van der Waals surface area contributed by atoms with Gasteiger partial charge >= 0.3 is 11.9 Å². The van der Waals surface area contributed by atoms with Crippen LogP contribution in [0.15, 0.2) is 42.5 Å². The van der Waals surface area contributed by atoms with Crippen molar-refractivity contribution in [2.24, 2.45) is 0 Å². The van der Waals surface area contributed by atoms with Crippen molar-refractivity contribution in [3.8, 4) is 5.75 Å². The van der Waals surface area contributed by atoms with Crippen molar-refractivity contribution >= 4 is 29.6 Å². The molecule has 0 aliphatic heterocycles. The normalized spacial score (nSPS) is 10.9. The Hall–Kier alpha value is -3.68. The van der Waals surface area contributed by atoms with Gasteiger partial charge in [-0.05, 0) is 42.3 Å². The van der Waals surface area contributed by atoms with Crippen molar-refractivity contribution in [1.82, 2.24) is 4.98 Å². The smallest absolute Gasteiger partial charge is 0.307 e. The van der Waals surface area contributed by atoms with Gasteiger partial charge in [0.1, 0.15) is 17.1 Å². The quantitative estimate of drug-likeness (QED) is 0.230. The third-order valence-corrected chi connectivity index (χ3v) is 5.48. The predicted molar refractivity (Wildman–Crippen MR) is 139 cm³/mol. The van der Waals surface area contributed by atoms with E-state index >= 15 is 0 Å². The summed E-state index contributed by atoms with van der Waals surface area (Å²) >= 11 is 0. The van der Waals surface area contributed by atoms with Crippen LogP contribution in [0.5, 0.6) is 5.75 Å². The van der Waals surface area contributed by atoms with Gasteiger partial charge < -0.3 is 20.3 Å². The van der Waals surface area contributed by atoms with E-state index in [-0.39, 0.29) is 18.5 Å². The SMILES string of the molecule is CCCCCCCCCCOc1ccc(C(=O)Nc2cccc(CC(=O)O)c2)nc1/C=C/CC(=O)O. The summed E-state index contributed by atoms with van der Waals surface area (Å²) in [6.07, 6.45) is 12.2. The van der Waals surface area contributed by atoms with Crippen LogP contribution in [0.4, 0.5) is 5.69 Å². The van der Waals surface area contributed by atoms with Crippen LogP contribution in [0, 0.1) is 0 Å². The number of carboxylic acid groups (broad SMARTS) is 2. The van der Waals surface area contributed by atoms with E-state index in [1.54, 1.807) is 42.5 Å². The van der Waals surface area contributed by atoms with Crippen molar-refractivity contribution in [1.29, 1.82) is 0 Å². The highest BCUT2D eigenvalue weighted by Gasteiger charge is 2.13. The first-order valence-corrected chi connectivity index (χ1v) is 12.5. The second-order valence-corrected chi connectivity index (χ2v) is 8.63.